The molecule has 8 heteroatoms. The van der Waals surface area contributed by atoms with E-state index < -0.39 is 12.0 Å². The molecule has 2 aromatic rings. The molecule has 16 heavy (non-hydrogen) atoms. The van der Waals surface area contributed by atoms with Gasteiger partial charge < -0.3 is 9.51 Å². The summed E-state index contributed by atoms with van der Waals surface area (Å²) in [4.78, 5) is 5.71. The lowest BCUT2D eigenvalue weighted by Gasteiger charge is -1.95. The highest BCUT2D eigenvalue weighted by molar-refractivity contribution is 5.51. The van der Waals surface area contributed by atoms with Crippen LogP contribution in [0.3, 0.4) is 0 Å². The Labute approximate surface area is 86.5 Å². The first-order valence-corrected chi connectivity index (χ1v) is 4.00. The zero-order valence-electron chi connectivity index (χ0n) is 7.54. The number of alkyl halides is 3. The van der Waals surface area contributed by atoms with Crippen LogP contribution in [0.4, 0.5) is 13.2 Å². The van der Waals surface area contributed by atoms with Gasteiger partial charge in [0.15, 0.2) is 0 Å². The Bertz CT molecular complexity index is 548. The molecule has 0 amide bonds. The molecular weight excluding hydrogens is 225 g/mol. The number of nitrogens with one attached hydrogen (secondary N) is 1. The van der Waals surface area contributed by atoms with Crippen molar-refractivity contribution in [2.45, 2.75) is 6.18 Å². The maximum atomic E-state index is 12.1. The normalized spacial score (nSPS) is 11.4. The van der Waals surface area contributed by atoms with Crippen LogP contribution in [0.2, 0.25) is 0 Å². The van der Waals surface area contributed by atoms with E-state index in [9.17, 15) is 13.2 Å². The van der Waals surface area contributed by atoms with Crippen LogP contribution in [0.25, 0.3) is 11.6 Å². The first-order chi connectivity index (χ1) is 7.50. The van der Waals surface area contributed by atoms with Crippen molar-refractivity contribution in [1.82, 2.24) is 15.1 Å². The summed E-state index contributed by atoms with van der Waals surface area (Å²) in [6.45, 7) is 0. The summed E-state index contributed by atoms with van der Waals surface area (Å²) in [5.41, 5.74) is 0.432. The number of nitriles is 1. The van der Waals surface area contributed by atoms with E-state index in [-0.39, 0.29) is 17.1 Å². The first-order valence-electron chi connectivity index (χ1n) is 4.00. The SMILES string of the molecule is N#Cc1c[nH]c(-c2nc(C(F)(F)F)no2)c1. The second-order valence-electron chi connectivity index (χ2n) is 2.83. The van der Waals surface area contributed by atoms with E-state index in [4.69, 9.17) is 5.26 Å². The molecule has 0 saturated carbocycles. The van der Waals surface area contributed by atoms with Gasteiger partial charge in [0, 0.05) is 6.20 Å². The molecule has 0 atom stereocenters. The number of halogens is 3. The molecule has 0 bridgehead atoms. The summed E-state index contributed by atoms with van der Waals surface area (Å²) < 4.78 is 40.8. The second-order valence-corrected chi connectivity index (χ2v) is 2.83. The van der Waals surface area contributed by atoms with Crippen molar-refractivity contribution < 1.29 is 17.7 Å². The van der Waals surface area contributed by atoms with Crippen molar-refractivity contribution in [3.63, 3.8) is 0 Å². The molecule has 2 heterocycles. The molecule has 5 nitrogen and oxygen atoms in total. The largest absolute Gasteiger partial charge is 0.455 e. The van der Waals surface area contributed by atoms with Crippen molar-refractivity contribution in [2.24, 2.45) is 0 Å². The van der Waals surface area contributed by atoms with Gasteiger partial charge in [-0.25, -0.2) is 0 Å². The third-order valence-electron chi connectivity index (χ3n) is 1.72. The van der Waals surface area contributed by atoms with Crippen molar-refractivity contribution in [3.8, 4) is 17.7 Å². The number of hydrogen-bond donors (Lipinski definition) is 1. The Kier molecular flexibility index (Phi) is 2.16. The van der Waals surface area contributed by atoms with Gasteiger partial charge in [-0.15, -0.1) is 0 Å². The summed E-state index contributed by atoms with van der Waals surface area (Å²) in [5.74, 6) is -1.66. The van der Waals surface area contributed by atoms with Crippen LogP contribution >= 0.6 is 0 Å². The van der Waals surface area contributed by atoms with E-state index in [0.29, 0.717) is 0 Å². The van der Waals surface area contributed by atoms with Crippen molar-refractivity contribution in [1.29, 1.82) is 5.26 Å². The lowest BCUT2D eigenvalue weighted by molar-refractivity contribution is -0.146. The van der Waals surface area contributed by atoms with Crippen LogP contribution in [0.5, 0.6) is 0 Å². The van der Waals surface area contributed by atoms with Gasteiger partial charge in [-0.05, 0) is 6.07 Å². The number of hydrogen-bond acceptors (Lipinski definition) is 4. The van der Waals surface area contributed by atoms with Gasteiger partial charge in [0.2, 0.25) is 0 Å². The lowest BCUT2D eigenvalue weighted by Crippen LogP contribution is -2.07. The van der Waals surface area contributed by atoms with Crippen LogP contribution in [0.15, 0.2) is 16.8 Å². The molecule has 0 unspecified atom stereocenters. The molecule has 0 aliphatic carbocycles. The highest BCUT2D eigenvalue weighted by Gasteiger charge is 2.37. The molecule has 2 rings (SSSR count). The predicted molar refractivity (Wildman–Crippen MR) is 43.8 cm³/mol. The fourth-order valence-corrected chi connectivity index (χ4v) is 1.03. The molecular formula is C8H3F3N4O. The van der Waals surface area contributed by atoms with E-state index in [2.05, 4.69) is 19.6 Å². The summed E-state index contributed by atoms with van der Waals surface area (Å²) in [6, 6.07) is 3.12. The maximum absolute atomic E-state index is 12.1. The number of rotatable bonds is 1. The van der Waals surface area contributed by atoms with Gasteiger partial charge in [0.25, 0.3) is 11.7 Å². The molecule has 0 fully saturated rings. The number of aromatic nitrogens is 3. The molecule has 0 aliphatic heterocycles. The van der Waals surface area contributed by atoms with Crippen molar-refractivity contribution in [3.05, 3.63) is 23.7 Å². The van der Waals surface area contributed by atoms with E-state index in [1.54, 1.807) is 0 Å². The molecule has 0 spiro atoms. The highest BCUT2D eigenvalue weighted by Crippen LogP contribution is 2.28. The van der Waals surface area contributed by atoms with E-state index in [1.165, 1.54) is 12.3 Å². The maximum Gasteiger partial charge on any atom is 0.455 e. The zero-order valence-corrected chi connectivity index (χ0v) is 7.54. The summed E-state index contributed by atoms with van der Waals surface area (Å²) in [5, 5.41) is 11.3. The Morgan fingerprint density at radius 2 is 2.19 bits per heavy atom. The summed E-state index contributed by atoms with van der Waals surface area (Å²) in [7, 11) is 0. The van der Waals surface area contributed by atoms with E-state index in [1.807, 2.05) is 6.07 Å². The van der Waals surface area contributed by atoms with Crippen LogP contribution in [-0.2, 0) is 6.18 Å². The smallest absolute Gasteiger partial charge is 0.356 e. The molecule has 0 aliphatic rings. The van der Waals surface area contributed by atoms with Crippen LogP contribution in [0.1, 0.15) is 11.4 Å². The monoisotopic (exact) mass is 228 g/mol. The minimum absolute atomic E-state index is 0.166. The Morgan fingerprint density at radius 1 is 1.44 bits per heavy atom. The Morgan fingerprint density at radius 3 is 2.69 bits per heavy atom. The molecule has 0 radical (unpaired) electrons. The second kappa shape index (κ2) is 3.37. The lowest BCUT2D eigenvalue weighted by atomic mass is 10.3. The van der Waals surface area contributed by atoms with Gasteiger partial charge in [-0.2, -0.15) is 23.4 Å². The minimum Gasteiger partial charge on any atom is -0.356 e. The van der Waals surface area contributed by atoms with E-state index >= 15 is 0 Å². The van der Waals surface area contributed by atoms with Crippen LogP contribution < -0.4 is 0 Å². The molecule has 0 aromatic carbocycles. The van der Waals surface area contributed by atoms with Gasteiger partial charge in [0.1, 0.15) is 11.8 Å². The average molecular weight is 228 g/mol. The van der Waals surface area contributed by atoms with Crippen LogP contribution in [0, 0.1) is 11.3 Å². The average Bonchev–Trinajstić information content (AvgIpc) is 2.85. The van der Waals surface area contributed by atoms with Crippen molar-refractivity contribution in [2.75, 3.05) is 0 Å². The van der Waals surface area contributed by atoms with Gasteiger partial charge in [-0.1, -0.05) is 5.16 Å². The minimum atomic E-state index is -4.65. The molecule has 82 valence electrons. The van der Waals surface area contributed by atoms with Gasteiger partial charge in [0.05, 0.1) is 5.56 Å². The molecule has 1 N–H and O–H groups in total. The number of nitrogens with zero attached hydrogens (tertiary/aromatic N) is 3. The summed E-state index contributed by atoms with van der Waals surface area (Å²) >= 11 is 0. The van der Waals surface area contributed by atoms with Crippen LogP contribution in [-0.4, -0.2) is 15.1 Å². The predicted octanol–water partition coefficient (Wildman–Crippen LogP) is 1.96. The fourth-order valence-electron chi connectivity index (χ4n) is 1.03. The fraction of sp³-hybridized carbons (Fsp3) is 0.125. The number of H-pyrrole nitrogens is 1. The Balaban J connectivity index is 2.36. The third kappa shape index (κ3) is 1.75. The van der Waals surface area contributed by atoms with E-state index in [0.717, 1.165) is 0 Å². The first kappa shape index (κ1) is 10.2. The van der Waals surface area contributed by atoms with Gasteiger partial charge in [-0.3, -0.25) is 0 Å². The number of aromatic amines is 1. The zero-order chi connectivity index (χ0) is 11.8. The molecule has 0 saturated heterocycles. The highest BCUT2D eigenvalue weighted by atomic mass is 19.4. The third-order valence-corrected chi connectivity index (χ3v) is 1.72. The topological polar surface area (TPSA) is 78.5 Å². The van der Waals surface area contributed by atoms with Gasteiger partial charge >= 0.3 is 6.18 Å². The van der Waals surface area contributed by atoms with Crippen molar-refractivity contribution >= 4 is 0 Å². The Hall–Kier alpha value is -2.30. The summed E-state index contributed by atoms with van der Waals surface area (Å²) in [6.07, 6.45) is -3.32. The molecule has 2 aromatic heterocycles. The standard InChI is InChI=1S/C8H3F3N4O/c9-8(10,11)7-14-6(16-15-7)5-1-4(2-12)3-13-5/h1,3,13H. The quantitative estimate of drug-likeness (QED) is 0.809.